The van der Waals surface area contributed by atoms with Gasteiger partial charge >= 0.3 is 5.97 Å². The summed E-state index contributed by atoms with van der Waals surface area (Å²) in [5.74, 6) is -0.610. The molecule has 20 heavy (non-hydrogen) atoms. The molecule has 0 radical (unpaired) electrons. The minimum atomic E-state index is -1.04. The number of fused-ring (bicyclic) bond motifs is 1. The number of nitrogens with zero attached hydrogens (tertiary/aromatic N) is 2. The molecule has 1 aromatic rings. The predicted octanol–water partition coefficient (Wildman–Crippen LogP) is 1.50. The summed E-state index contributed by atoms with van der Waals surface area (Å²) in [6.07, 6.45) is 5.66. The quantitative estimate of drug-likeness (QED) is 0.648. The van der Waals surface area contributed by atoms with E-state index < -0.39 is 5.97 Å². The average molecular weight is 291 g/mol. The Morgan fingerprint density at radius 2 is 2.50 bits per heavy atom. The van der Waals surface area contributed by atoms with Crippen LogP contribution < -0.4 is 0 Å². The van der Waals surface area contributed by atoms with E-state index >= 15 is 0 Å². The molecule has 2 aliphatic heterocycles. The number of rotatable bonds is 4. The number of aliphatic carboxylic acids is 1. The number of hydrogen-bond donors (Lipinski definition) is 2. The number of imidazole rings is 1. The number of aromatic nitrogens is 2. The van der Waals surface area contributed by atoms with Crippen molar-refractivity contribution < 1.29 is 14.7 Å². The molecule has 104 valence electrons. The van der Waals surface area contributed by atoms with E-state index in [1.807, 2.05) is 0 Å². The lowest BCUT2D eigenvalue weighted by Crippen LogP contribution is -2.52. The second-order valence-electron chi connectivity index (χ2n) is 4.58. The zero-order valence-corrected chi connectivity index (χ0v) is 11.6. The highest BCUT2D eigenvalue weighted by Crippen LogP contribution is 2.46. The Bertz CT molecular complexity index is 633. The van der Waals surface area contributed by atoms with E-state index in [0.717, 1.165) is 10.6 Å². The molecule has 3 heterocycles. The van der Waals surface area contributed by atoms with Crippen LogP contribution in [0.2, 0.25) is 0 Å². The summed E-state index contributed by atoms with van der Waals surface area (Å²) >= 11 is 1.45. The summed E-state index contributed by atoms with van der Waals surface area (Å²) in [5.41, 5.74) is 1.77. The molecule has 0 spiro atoms. The SMILES string of the molecule is C/C=C1/C(=O)N2C(C(=O)O)=C(SCc3cnc[nH]3)CC12. The highest BCUT2D eigenvalue weighted by molar-refractivity contribution is 8.02. The smallest absolute Gasteiger partial charge is 0.353 e. The number of hydrogen-bond acceptors (Lipinski definition) is 4. The van der Waals surface area contributed by atoms with Gasteiger partial charge in [-0.05, 0) is 6.92 Å². The maximum Gasteiger partial charge on any atom is 0.353 e. The van der Waals surface area contributed by atoms with E-state index in [-0.39, 0.29) is 17.6 Å². The monoisotopic (exact) mass is 291 g/mol. The number of amides is 1. The zero-order valence-electron chi connectivity index (χ0n) is 10.8. The first-order valence-corrected chi connectivity index (χ1v) is 7.18. The Balaban J connectivity index is 1.82. The number of carboxylic acids is 1. The fourth-order valence-electron chi connectivity index (χ4n) is 2.56. The molecule has 0 bridgehead atoms. The number of carbonyl (C=O) groups is 2. The average Bonchev–Trinajstić information content (AvgIpc) is 3.02. The Hall–Kier alpha value is -2.02. The number of carbonyl (C=O) groups excluding carboxylic acids is 1. The number of thioether (sulfide) groups is 1. The minimum Gasteiger partial charge on any atom is -0.477 e. The van der Waals surface area contributed by atoms with Crippen LogP contribution in [0.1, 0.15) is 19.0 Å². The lowest BCUT2D eigenvalue weighted by molar-refractivity contribution is -0.142. The molecule has 1 fully saturated rings. The summed E-state index contributed by atoms with van der Waals surface area (Å²) in [4.78, 5) is 32.4. The minimum absolute atomic E-state index is 0.0946. The van der Waals surface area contributed by atoms with E-state index in [4.69, 9.17) is 0 Å². The highest BCUT2D eigenvalue weighted by Gasteiger charge is 2.51. The first kappa shape index (κ1) is 13.0. The van der Waals surface area contributed by atoms with Gasteiger partial charge < -0.3 is 10.1 Å². The molecule has 0 aliphatic carbocycles. The van der Waals surface area contributed by atoms with E-state index in [2.05, 4.69) is 9.97 Å². The standard InChI is InChI=1S/C13H13N3O3S/c1-2-8-9-3-10(20-5-7-4-14-6-15-7)11(13(18)19)16(9)12(8)17/h2,4,6,9H,3,5H2,1H3,(H,14,15)(H,18,19)/b8-2+. The molecule has 2 N–H and O–H groups in total. The summed E-state index contributed by atoms with van der Waals surface area (Å²) in [6.45, 7) is 1.81. The normalized spacial score (nSPS) is 23.2. The molecule has 0 aromatic carbocycles. The number of β-lactam (4-membered cyclic amide) rings is 1. The van der Waals surface area contributed by atoms with Gasteiger partial charge in [-0.25, -0.2) is 9.78 Å². The summed E-state index contributed by atoms with van der Waals surface area (Å²) < 4.78 is 0. The van der Waals surface area contributed by atoms with Gasteiger partial charge in [0.15, 0.2) is 0 Å². The molecule has 1 saturated heterocycles. The number of carboxylic acid groups (broad SMARTS) is 1. The van der Waals surface area contributed by atoms with Gasteiger partial charge in [0.25, 0.3) is 5.91 Å². The molecule has 6 nitrogen and oxygen atoms in total. The molecule has 0 saturated carbocycles. The highest BCUT2D eigenvalue weighted by atomic mass is 32.2. The maximum atomic E-state index is 11.9. The van der Waals surface area contributed by atoms with E-state index in [1.54, 1.807) is 25.5 Å². The Morgan fingerprint density at radius 3 is 3.10 bits per heavy atom. The maximum absolute atomic E-state index is 11.9. The molecule has 2 aliphatic rings. The largest absolute Gasteiger partial charge is 0.477 e. The van der Waals surface area contributed by atoms with Gasteiger partial charge in [0, 0.05) is 34.5 Å². The number of nitrogens with one attached hydrogen (secondary N) is 1. The van der Waals surface area contributed by atoms with Gasteiger partial charge in [0.05, 0.1) is 12.4 Å². The Morgan fingerprint density at radius 1 is 1.70 bits per heavy atom. The number of aromatic amines is 1. The molecule has 1 atom stereocenters. The molecular weight excluding hydrogens is 278 g/mol. The van der Waals surface area contributed by atoms with Crippen LogP contribution in [0.25, 0.3) is 0 Å². The van der Waals surface area contributed by atoms with Crippen molar-refractivity contribution in [3.63, 3.8) is 0 Å². The van der Waals surface area contributed by atoms with Crippen LogP contribution in [0.4, 0.5) is 0 Å². The van der Waals surface area contributed by atoms with Gasteiger partial charge in [-0.1, -0.05) is 6.08 Å². The summed E-state index contributed by atoms with van der Waals surface area (Å²) in [7, 11) is 0. The van der Waals surface area contributed by atoms with Crippen molar-refractivity contribution in [1.82, 2.24) is 14.9 Å². The van der Waals surface area contributed by atoms with Crippen LogP contribution in [0.5, 0.6) is 0 Å². The van der Waals surface area contributed by atoms with Crippen molar-refractivity contribution in [3.05, 3.63) is 40.5 Å². The second-order valence-corrected chi connectivity index (χ2v) is 5.65. The molecule has 1 unspecified atom stereocenters. The molecule has 1 aromatic heterocycles. The zero-order chi connectivity index (χ0) is 14.3. The molecule has 1 amide bonds. The topological polar surface area (TPSA) is 86.3 Å². The van der Waals surface area contributed by atoms with Crippen LogP contribution in [-0.4, -0.2) is 37.9 Å². The second kappa shape index (κ2) is 4.82. The van der Waals surface area contributed by atoms with Gasteiger partial charge in [0.2, 0.25) is 0 Å². The van der Waals surface area contributed by atoms with Crippen molar-refractivity contribution in [1.29, 1.82) is 0 Å². The van der Waals surface area contributed by atoms with Gasteiger partial charge in [-0.3, -0.25) is 9.69 Å². The third kappa shape index (κ3) is 1.85. The molecule has 3 rings (SSSR count). The van der Waals surface area contributed by atoms with E-state index in [9.17, 15) is 14.7 Å². The van der Waals surface area contributed by atoms with Crippen molar-refractivity contribution in [2.24, 2.45) is 0 Å². The van der Waals surface area contributed by atoms with Crippen molar-refractivity contribution in [2.75, 3.05) is 0 Å². The lowest BCUT2D eigenvalue weighted by Gasteiger charge is -2.37. The van der Waals surface area contributed by atoms with Crippen molar-refractivity contribution in [2.45, 2.75) is 25.1 Å². The Labute approximate surface area is 119 Å². The lowest BCUT2D eigenvalue weighted by atomic mass is 9.94. The van der Waals surface area contributed by atoms with E-state index in [0.29, 0.717) is 17.7 Å². The fraction of sp³-hybridized carbons (Fsp3) is 0.308. The van der Waals surface area contributed by atoms with Crippen molar-refractivity contribution >= 4 is 23.6 Å². The van der Waals surface area contributed by atoms with Gasteiger partial charge in [-0.2, -0.15) is 0 Å². The molecule has 7 heteroatoms. The first-order valence-electron chi connectivity index (χ1n) is 6.19. The van der Waals surface area contributed by atoms with Gasteiger partial charge in [0.1, 0.15) is 5.70 Å². The van der Waals surface area contributed by atoms with Crippen LogP contribution in [0.3, 0.4) is 0 Å². The summed E-state index contributed by atoms with van der Waals surface area (Å²) in [6, 6.07) is -0.0946. The predicted molar refractivity (Wildman–Crippen MR) is 73.6 cm³/mol. The summed E-state index contributed by atoms with van der Waals surface area (Å²) in [5, 5.41) is 9.33. The van der Waals surface area contributed by atoms with Crippen LogP contribution in [-0.2, 0) is 15.3 Å². The van der Waals surface area contributed by atoms with Crippen molar-refractivity contribution in [3.8, 4) is 0 Å². The van der Waals surface area contributed by atoms with Crippen LogP contribution in [0.15, 0.2) is 34.8 Å². The van der Waals surface area contributed by atoms with Crippen LogP contribution in [0, 0.1) is 0 Å². The first-order chi connectivity index (χ1) is 9.63. The number of H-pyrrole nitrogens is 1. The molecular formula is C13H13N3O3S. The third-order valence-electron chi connectivity index (χ3n) is 3.49. The Kier molecular flexibility index (Phi) is 3.13. The number of allylic oxidation sites excluding steroid dienone is 1. The van der Waals surface area contributed by atoms with Crippen LogP contribution >= 0.6 is 11.8 Å². The third-order valence-corrected chi connectivity index (χ3v) is 4.65. The van der Waals surface area contributed by atoms with E-state index in [1.165, 1.54) is 16.7 Å². The fourth-order valence-corrected chi connectivity index (χ4v) is 3.64. The van der Waals surface area contributed by atoms with Gasteiger partial charge in [-0.15, -0.1) is 11.8 Å².